The Morgan fingerprint density at radius 2 is 1.54 bits per heavy atom. The van der Waals surface area contributed by atoms with Crippen molar-refractivity contribution in [3.63, 3.8) is 0 Å². The number of ether oxygens (including phenoxy) is 1. The summed E-state index contributed by atoms with van der Waals surface area (Å²) in [6.45, 7) is 12.6. The zero-order valence-electron chi connectivity index (χ0n) is 33.5. The highest BCUT2D eigenvalue weighted by molar-refractivity contribution is 6.31. The van der Waals surface area contributed by atoms with E-state index in [-0.39, 0.29) is 53.2 Å². The molecule has 1 saturated carbocycles. The van der Waals surface area contributed by atoms with Gasteiger partial charge in [0.25, 0.3) is 17.7 Å². The van der Waals surface area contributed by atoms with Gasteiger partial charge in [-0.25, -0.2) is 0 Å². The normalized spacial score (nSPS) is 25.1. The molecule has 3 aromatic rings. The van der Waals surface area contributed by atoms with Gasteiger partial charge in [0.1, 0.15) is 24.0 Å². The third-order valence-electron chi connectivity index (χ3n) is 13.4. The number of carbonyl (C=O) groups excluding carboxylic acids is 5. The minimum atomic E-state index is -0.979. The first-order valence-corrected chi connectivity index (χ1v) is 20.7. The van der Waals surface area contributed by atoms with Crippen LogP contribution in [0.4, 0.5) is 5.69 Å². The lowest BCUT2D eigenvalue weighted by Crippen LogP contribution is -2.74. The summed E-state index contributed by atoms with van der Waals surface area (Å²) in [5, 5.41) is 11.9. The van der Waals surface area contributed by atoms with Gasteiger partial charge in [0.15, 0.2) is 0 Å². The third-order valence-corrected chi connectivity index (χ3v) is 13.8. The second-order valence-electron chi connectivity index (χ2n) is 17.9. The molecule has 12 nitrogen and oxygen atoms in total. The largest absolute Gasteiger partial charge is 0.489 e. The van der Waals surface area contributed by atoms with Crippen molar-refractivity contribution in [3.05, 3.63) is 93.0 Å². The predicted octanol–water partition coefficient (Wildman–Crippen LogP) is 5.40. The maximum atomic E-state index is 13.8. The first-order chi connectivity index (χ1) is 28.1. The second-order valence-corrected chi connectivity index (χ2v) is 18.3. The van der Waals surface area contributed by atoms with Gasteiger partial charge in [0.05, 0.1) is 21.7 Å². The number of imide groups is 2. The fourth-order valence-electron chi connectivity index (χ4n) is 10.8. The monoisotopic (exact) mass is 812 g/mol. The number of nitrogens with zero attached hydrogens (tertiary/aromatic N) is 5. The van der Waals surface area contributed by atoms with Crippen molar-refractivity contribution in [2.24, 2.45) is 16.7 Å². The molecule has 0 bridgehead atoms. The van der Waals surface area contributed by atoms with Gasteiger partial charge in [-0.3, -0.25) is 39.1 Å². The van der Waals surface area contributed by atoms with E-state index in [4.69, 9.17) is 16.3 Å². The van der Waals surface area contributed by atoms with Crippen molar-refractivity contribution >= 4 is 46.8 Å². The average molecular weight is 813 g/mol. The molecule has 59 heavy (non-hydrogen) atoms. The Bertz CT molecular complexity index is 2430. The molecule has 1 unspecified atom stereocenters. The molecule has 9 rings (SSSR count). The van der Waals surface area contributed by atoms with Gasteiger partial charge in [-0.05, 0) is 86.4 Å². The molecule has 4 fully saturated rings. The fraction of sp³-hybridized carbons (Fsp3) is 0.435. The van der Waals surface area contributed by atoms with Gasteiger partial charge < -0.3 is 14.5 Å². The van der Waals surface area contributed by atoms with Gasteiger partial charge >= 0.3 is 0 Å². The summed E-state index contributed by atoms with van der Waals surface area (Å²) in [5.41, 5.74) is 3.80. The topological polar surface area (TPSA) is 143 Å². The van der Waals surface area contributed by atoms with E-state index in [9.17, 15) is 29.2 Å². The molecule has 0 radical (unpaired) electrons. The molecule has 5 heterocycles. The van der Waals surface area contributed by atoms with Crippen molar-refractivity contribution in [2.45, 2.75) is 84.2 Å². The smallest absolute Gasteiger partial charge is 0.262 e. The molecular formula is C46H45ClN6O6. The zero-order valence-corrected chi connectivity index (χ0v) is 34.3. The summed E-state index contributed by atoms with van der Waals surface area (Å²) < 4.78 is 6.48. The number of fused-ring (bicyclic) bond motifs is 2. The van der Waals surface area contributed by atoms with Crippen molar-refractivity contribution < 1.29 is 28.7 Å². The Balaban J connectivity index is 0.777. The van der Waals surface area contributed by atoms with Crippen molar-refractivity contribution in [3.8, 4) is 23.7 Å². The van der Waals surface area contributed by atoms with Crippen molar-refractivity contribution in [2.75, 3.05) is 31.1 Å². The molecule has 3 aromatic carbocycles. The average Bonchev–Trinajstić information content (AvgIpc) is 3.62. The Kier molecular flexibility index (Phi) is 9.37. The van der Waals surface area contributed by atoms with Crippen LogP contribution < -0.4 is 15.0 Å². The molecule has 6 aliphatic rings. The van der Waals surface area contributed by atoms with Gasteiger partial charge in [0, 0.05) is 77.8 Å². The van der Waals surface area contributed by atoms with Crippen LogP contribution in [0.5, 0.6) is 5.75 Å². The number of anilines is 1. The Labute approximate surface area is 348 Å². The molecule has 0 spiro atoms. The van der Waals surface area contributed by atoms with Crippen LogP contribution in [-0.2, 0) is 16.1 Å². The molecule has 5 aliphatic heterocycles. The van der Waals surface area contributed by atoms with Crippen LogP contribution in [0.1, 0.15) is 101 Å². The van der Waals surface area contributed by atoms with Gasteiger partial charge in [0.2, 0.25) is 11.8 Å². The number of benzene rings is 3. The molecule has 3 saturated heterocycles. The molecule has 1 atom stereocenters. The zero-order chi connectivity index (χ0) is 41.5. The number of amides is 5. The number of hydrogen-bond donors (Lipinski definition) is 1. The number of hydrogen-bond acceptors (Lipinski definition) is 9. The Morgan fingerprint density at radius 1 is 0.831 bits per heavy atom. The van der Waals surface area contributed by atoms with Crippen LogP contribution in [0.3, 0.4) is 0 Å². The highest BCUT2D eigenvalue weighted by Gasteiger charge is 2.67. The predicted molar refractivity (Wildman–Crippen MR) is 219 cm³/mol. The number of nitrogens with one attached hydrogen (secondary N) is 1. The summed E-state index contributed by atoms with van der Waals surface area (Å²) in [7, 11) is 0. The minimum absolute atomic E-state index is 0.0312. The maximum absolute atomic E-state index is 13.8. The lowest BCUT2D eigenvalue weighted by molar-refractivity contribution is -0.199. The maximum Gasteiger partial charge on any atom is 0.262 e. The van der Waals surface area contributed by atoms with E-state index in [0.29, 0.717) is 34.5 Å². The number of halogens is 1. The quantitative estimate of drug-likeness (QED) is 0.256. The minimum Gasteiger partial charge on any atom is -0.489 e. The van der Waals surface area contributed by atoms with Crippen LogP contribution in [-0.4, -0.2) is 94.6 Å². The third kappa shape index (κ3) is 6.45. The summed E-state index contributed by atoms with van der Waals surface area (Å²) in [6.07, 6.45) is 1.98. The van der Waals surface area contributed by atoms with E-state index in [1.54, 1.807) is 30.3 Å². The Hall–Kier alpha value is -5.69. The molecule has 302 valence electrons. The van der Waals surface area contributed by atoms with E-state index in [0.717, 1.165) is 66.3 Å². The van der Waals surface area contributed by atoms with Gasteiger partial charge in [-0.15, -0.1) is 0 Å². The number of rotatable bonds is 6. The van der Waals surface area contributed by atoms with E-state index >= 15 is 0 Å². The first kappa shape index (κ1) is 38.8. The summed E-state index contributed by atoms with van der Waals surface area (Å²) >= 11 is 6.29. The van der Waals surface area contributed by atoms with Crippen LogP contribution in [0, 0.1) is 39.9 Å². The van der Waals surface area contributed by atoms with Crippen molar-refractivity contribution in [1.82, 2.24) is 20.0 Å². The number of piperidine rings is 2. The number of carbonyl (C=O) groups is 5. The van der Waals surface area contributed by atoms with Gasteiger partial charge in [-0.1, -0.05) is 51.1 Å². The molecular weight excluding hydrogens is 768 g/mol. The van der Waals surface area contributed by atoms with E-state index in [1.165, 1.54) is 0 Å². The van der Waals surface area contributed by atoms with E-state index < -0.39 is 29.7 Å². The standard InChI is InChI=1S/C46H45ClN6O6/c1-45(2)43(46(3,4)44(45)59-32-10-8-28(22-48)36(47)21-32)52-23-29-19-27(7-11-33(29)40(52)56)6-5-26-15-17-50(18-16-26)31-24-51(25-31)30-9-12-34-35(20-30)42(58)53(41(34)57)37-13-14-38(54)49-39(37)55/h7-12,19-21,26,31,37,43-44H,13-18,23-25H2,1-4H3,(H,49,54,55). The molecule has 13 heteroatoms. The molecule has 1 N–H and O–H groups in total. The molecule has 1 aliphatic carbocycles. The summed E-state index contributed by atoms with van der Waals surface area (Å²) in [4.78, 5) is 72.0. The SMILES string of the molecule is CC1(C)C(Oc2ccc(C#N)c(Cl)c2)C(C)(C)C1N1Cc2cc(C#CC3CCN(C4CN(c5ccc6c(c5)C(=O)N(C5CCC(=O)NC5=O)C6=O)C4)CC3)ccc2C1=O. The van der Waals surface area contributed by atoms with E-state index in [2.05, 4.69) is 66.8 Å². The lowest BCUT2D eigenvalue weighted by atomic mass is 9.49. The number of likely N-dealkylation sites (tertiary alicyclic amines) is 1. The Morgan fingerprint density at radius 3 is 2.24 bits per heavy atom. The summed E-state index contributed by atoms with van der Waals surface area (Å²) in [6, 6.07) is 17.8. The van der Waals surface area contributed by atoms with Crippen LogP contribution in [0.25, 0.3) is 0 Å². The van der Waals surface area contributed by atoms with E-state index in [1.807, 2.05) is 23.1 Å². The molecule has 0 aromatic heterocycles. The highest BCUT2D eigenvalue weighted by Crippen LogP contribution is 2.59. The molecule has 5 amide bonds. The van der Waals surface area contributed by atoms with Crippen LogP contribution in [0.2, 0.25) is 5.02 Å². The van der Waals surface area contributed by atoms with Crippen LogP contribution in [0.15, 0.2) is 54.6 Å². The van der Waals surface area contributed by atoms with Gasteiger partial charge in [-0.2, -0.15) is 5.26 Å². The van der Waals surface area contributed by atoms with Crippen molar-refractivity contribution in [1.29, 1.82) is 5.26 Å². The fourth-order valence-corrected chi connectivity index (χ4v) is 11.0. The number of nitriles is 1. The van der Waals surface area contributed by atoms with Crippen LogP contribution >= 0.6 is 11.6 Å². The second kappa shape index (κ2) is 14.2. The lowest BCUT2D eigenvalue weighted by Gasteiger charge is -2.65. The first-order valence-electron chi connectivity index (χ1n) is 20.3. The summed E-state index contributed by atoms with van der Waals surface area (Å²) in [5.74, 6) is 5.85. The highest BCUT2D eigenvalue weighted by atomic mass is 35.5.